The van der Waals surface area contributed by atoms with Gasteiger partial charge in [0.1, 0.15) is 5.82 Å². The van der Waals surface area contributed by atoms with Gasteiger partial charge in [0.25, 0.3) is 0 Å². The molecule has 0 aromatic carbocycles. The number of aryl methyl sites for hydroxylation is 1. The Morgan fingerprint density at radius 3 is 2.94 bits per heavy atom. The van der Waals surface area contributed by atoms with Crippen molar-refractivity contribution in [2.24, 2.45) is 0 Å². The molecule has 2 rings (SSSR count). The number of imidazole rings is 1. The molecule has 2 heterocycles. The maximum Gasteiger partial charge on any atom is 0.128 e. The van der Waals surface area contributed by atoms with Crippen molar-refractivity contribution in [3.05, 3.63) is 42.2 Å². The van der Waals surface area contributed by atoms with Gasteiger partial charge >= 0.3 is 0 Å². The van der Waals surface area contributed by atoms with E-state index in [1.54, 1.807) is 0 Å². The van der Waals surface area contributed by atoms with E-state index in [1.165, 1.54) is 12.0 Å². The Morgan fingerprint density at radius 2 is 2.17 bits per heavy atom. The fourth-order valence-electron chi connectivity index (χ4n) is 2.05. The quantitative estimate of drug-likeness (QED) is 0.760. The van der Waals surface area contributed by atoms with Crippen LogP contribution in [-0.4, -0.2) is 20.7 Å². The summed E-state index contributed by atoms with van der Waals surface area (Å²) < 4.78 is 4.37. The van der Waals surface area contributed by atoms with Gasteiger partial charge in [-0.3, -0.25) is 0 Å². The third-order valence-corrected chi connectivity index (χ3v) is 3.03. The number of nitrogens with one attached hydrogen (secondary N) is 1. The van der Waals surface area contributed by atoms with E-state index in [2.05, 4.69) is 51.7 Å². The van der Waals surface area contributed by atoms with Crippen molar-refractivity contribution < 1.29 is 0 Å². The lowest BCUT2D eigenvalue weighted by Crippen LogP contribution is -2.13. The molecule has 0 unspecified atom stereocenters. The molecule has 0 fully saturated rings. The normalized spacial score (nSPS) is 11.0. The van der Waals surface area contributed by atoms with Gasteiger partial charge in [-0.25, -0.2) is 4.98 Å². The standard InChI is InChI=1S/C14H22N4/c1-3-6-15-10-13-5-8-17(11-13)12-14-16-7-9-18(14)4-2/h5,7-9,11,15H,3-4,6,10,12H2,1-2H3. The van der Waals surface area contributed by atoms with Gasteiger partial charge in [0.15, 0.2) is 0 Å². The lowest BCUT2D eigenvalue weighted by atomic mass is 10.3. The number of hydrogen-bond donors (Lipinski definition) is 1. The second-order valence-electron chi connectivity index (χ2n) is 4.50. The summed E-state index contributed by atoms with van der Waals surface area (Å²) in [6, 6.07) is 2.17. The fraction of sp³-hybridized carbons (Fsp3) is 0.500. The summed E-state index contributed by atoms with van der Waals surface area (Å²) in [6.07, 6.45) is 9.39. The smallest absolute Gasteiger partial charge is 0.128 e. The van der Waals surface area contributed by atoms with Crippen LogP contribution in [-0.2, 0) is 19.6 Å². The molecule has 0 amide bonds. The van der Waals surface area contributed by atoms with E-state index in [4.69, 9.17) is 0 Å². The SMILES string of the molecule is CCCNCc1ccn(Cc2nccn2CC)c1. The third-order valence-electron chi connectivity index (χ3n) is 3.03. The van der Waals surface area contributed by atoms with Crippen LogP contribution in [0.5, 0.6) is 0 Å². The van der Waals surface area contributed by atoms with Crippen LogP contribution in [0.4, 0.5) is 0 Å². The highest BCUT2D eigenvalue weighted by atomic mass is 15.1. The average molecular weight is 246 g/mol. The van der Waals surface area contributed by atoms with Crippen LogP contribution in [0.1, 0.15) is 31.7 Å². The second kappa shape index (κ2) is 6.40. The van der Waals surface area contributed by atoms with Gasteiger partial charge in [-0.2, -0.15) is 0 Å². The monoisotopic (exact) mass is 246 g/mol. The van der Waals surface area contributed by atoms with Crippen molar-refractivity contribution in [2.75, 3.05) is 6.54 Å². The Morgan fingerprint density at radius 1 is 1.28 bits per heavy atom. The largest absolute Gasteiger partial charge is 0.346 e. The first-order valence-electron chi connectivity index (χ1n) is 6.68. The molecule has 0 spiro atoms. The molecule has 1 N–H and O–H groups in total. The van der Waals surface area contributed by atoms with E-state index in [1.807, 2.05) is 12.4 Å². The maximum atomic E-state index is 4.39. The van der Waals surface area contributed by atoms with Crippen molar-refractivity contribution >= 4 is 0 Å². The molecule has 0 saturated heterocycles. The first-order valence-corrected chi connectivity index (χ1v) is 6.68. The molecule has 4 heteroatoms. The molecule has 2 aromatic rings. The van der Waals surface area contributed by atoms with Crippen molar-refractivity contribution in [1.82, 2.24) is 19.4 Å². The molecule has 0 aliphatic rings. The maximum absolute atomic E-state index is 4.39. The third kappa shape index (κ3) is 3.23. The van der Waals surface area contributed by atoms with Crippen molar-refractivity contribution in [3.63, 3.8) is 0 Å². The first-order chi connectivity index (χ1) is 8.83. The van der Waals surface area contributed by atoms with Gasteiger partial charge in [0.05, 0.1) is 6.54 Å². The molecule has 0 radical (unpaired) electrons. The Labute approximate surface area is 109 Å². The number of rotatable bonds is 7. The predicted octanol–water partition coefficient (Wildman–Crippen LogP) is 2.25. The van der Waals surface area contributed by atoms with Crippen LogP contribution in [0.2, 0.25) is 0 Å². The molecule has 2 aromatic heterocycles. The van der Waals surface area contributed by atoms with E-state index < -0.39 is 0 Å². The van der Waals surface area contributed by atoms with Gasteiger partial charge in [-0.1, -0.05) is 6.92 Å². The Balaban J connectivity index is 1.94. The van der Waals surface area contributed by atoms with Crippen LogP contribution in [0.25, 0.3) is 0 Å². The molecule has 4 nitrogen and oxygen atoms in total. The highest BCUT2D eigenvalue weighted by Gasteiger charge is 2.03. The summed E-state index contributed by atoms with van der Waals surface area (Å²) in [6.45, 7) is 8.16. The van der Waals surface area contributed by atoms with Gasteiger partial charge in [0.2, 0.25) is 0 Å². The van der Waals surface area contributed by atoms with Gasteiger partial charge in [0, 0.05) is 37.9 Å². The minimum absolute atomic E-state index is 0.842. The van der Waals surface area contributed by atoms with Crippen LogP contribution in [0, 0.1) is 0 Å². The van der Waals surface area contributed by atoms with Crippen molar-refractivity contribution in [2.45, 2.75) is 39.9 Å². The van der Waals surface area contributed by atoms with Crippen molar-refractivity contribution in [1.29, 1.82) is 0 Å². The predicted molar refractivity (Wildman–Crippen MR) is 73.4 cm³/mol. The molecule has 18 heavy (non-hydrogen) atoms. The zero-order chi connectivity index (χ0) is 12.8. The summed E-state index contributed by atoms with van der Waals surface area (Å²) >= 11 is 0. The molecule has 98 valence electrons. The van der Waals surface area contributed by atoms with Crippen LogP contribution in [0.15, 0.2) is 30.9 Å². The Bertz CT molecular complexity index is 470. The van der Waals surface area contributed by atoms with Gasteiger partial charge < -0.3 is 14.5 Å². The van der Waals surface area contributed by atoms with E-state index in [9.17, 15) is 0 Å². The minimum atomic E-state index is 0.842. The summed E-state index contributed by atoms with van der Waals surface area (Å²) in [5, 5.41) is 3.41. The van der Waals surface area contributed by atoms with Gasteiger partial charge in [-0.05, 0) is 31.5 Å². The first kappa shape index (κ1) is 12.9. The highest BCUT2D eigenvalue weighted by molar-refractivity contribution is 5.11. The van der Waals surface area contributed by atoms with Crippen LogP contribution >= 0.6 is 0 Å². The summed E-state index contributed by atoms with van der Waals surface area (Å²) in [5.41, 5.74) is 1.33. The van der Waals surface area contributed by atoms with Gasteiger partial charge in [-0.15, -0.1) is 0 Å². The Hall–Kier alpha value is -1.55. The molecule has 0 aliphatic carbocycles. The molecular weight excluding hydrogens is 224 g/mol. The molecular formula is C14H22N4. The Kier molecular flexibility index (Phi) is 4.59. The number of aromatic nitrogens is 3. The minimum Gasteiger partial charge on any atom is -0.346 e. The van der Waals surface area contributed by atoms with Crippen molar-refractivity contribution in [3.8, 4) is 0 Å². The van der Waals surface area contributed by atoms with Crippen LogP contribution < -0.4 is 5.32 Å². The molecule has 0 atom stereocenters. The zero-order valence-corrected chi connectivity index (χ0v) is 11.3. The lowest BCUT2D eigenvalue weighted by molar-refractivity contribution is 0.647. The molecule has 0 aliphatic heterocycles. The summed E-state index contributed by atoms with van der Waals surface area (Å²) in [5.74, 6) is 1.11. The summed E-state index contributed by atoms with van der Waals surface area (Å²) in [4.78, 5) is 4.39. The number of nitrogens with zero attached hydrogens (tertiary/aromatic N) is 3. The fourth-order valence-corrected chi connectivity index (χ4v) is 2.05. The second-order valence-corrected chi connectivity index (χ2v) is 4.50. The molecule has 0 saturated carbocycles. The van der Waals surface area contributed by atoms with Crippen LogP contribution in [0.3, 0.4) is 0 Å². The topological polar surface area (TPSA) is 34.8 Å². The number of hydrogen-bond acceptors (Lipinski definition) is 2. The van der Waals surface area contributed by atoms with E-state index in [0.717, 1.165) is 32.0 Å². The lowest BCUT2D eigenvalue weighted by Gasteiger charge is -2.05. The van der Waals surface area contributed by atoms with E-state index in [-0.39, 0.29) is 0 Å². The molecule has 0 bridgehead atoms. The zero-order valence-electron chi connectivity index (χ0n) is 11.3. The average Bonchev–Trinajstić information content (AvgIpc) is 2.99. The van der Waals surface area contributed by atoms with E-state index in [0.29, 0.717) is 0 Å². The van der Waals surface area contributed by atoms with E-state index >= 15 is 0 Å². The summed E-state index contributed by atoms with van der Waals surface area (Å²) in [7, 11) is 0. The highest BCUT2D eigenvalue weighted by Crippen LogP contribution is 2.05.